The highest BCUT2D eigenvalue weighted by molar-refractivity contribution is 5.92. The molecule has 2 rings (SSSR count). The molecule has 1 heterocycles. The molecule has 0 fully saturated rings. The van der Waals surface area contributed by atoms with Gasteiger partial charge in [-0.25, -0.2) is 9.48 Å². The Labute approximate surface area is 115 Å². The predicted molar refractivity (Wildman–Crippen MR) is 72.5 cm³/mol. The van der Waals surface area contributed by atoms with Crippen LogP contribution in [0.15, 0.2) is 30.5 Å². The van der Waals surface area contributed by atoms with Crippen molar-refractivity contribution in [3.8, 4) is 5.69 Å². The molecule has 0 saturated heterocycles. The lowest BCUT2D eigenvalue weighted by Crippen LogP contribution is -2.12. The third kappa shape index (κ3) is 2.61. The van der Waals surface area contributed by atoms with Crippen molar-refractivity contribution >= 4 is 17.6 Å². The van der Waals surface area contributed by atoms with E-state index in [2.05, 4.69) is 5.10 Å². The Hall–Kier alpha value is -2.83. The first kappa shape index (κ1) is 13.6. The highest BCUT2D eigenvalue weighted by Gasteiger charge is 2.12. The molecule has 1 aromatic heterocycles. The van der Waals surface area contributed by atoms with Crippen molar-refractivity contribution in [2.75, 3.05) is 12.3 Å². The minimum absolute atomic E-state index is 0.138. The quantitative estimate of drug-likeness (QED) is 0.630. The molecule has 104 valence electrons. The number of rotatable bonds is 4. The van der Waals surface area contributed by atoms with Crippen LogP contribution in [0.5, 0.6) is 0 Å². The number of primary amides is 1. The lowest BCUT2D eigenvalue weighted by atomic mass is 10.2. The van der Waals surface area contributed by atoms with Gasteiger partial charge in [-0.3, -0.25) is 4.79 Å². The van der Waals surface area contributed by atoms with Crippen LogP contribution in [0, 0.1) is 0 Å². The fourth-order valence-electron chi connectivity index (χ4n) is 1.69. The molecule has 0 aliphatic rings. The van der Waals surface area contributed by atoms with Crippen LogP contribution >= 0.6 is 0 Å². The molecule has 0 bridgehead atoms. The summed E-state index contributed by atoms with van der Waals surface area (Å²) in [5, 5.41) is 4.00. The Balaban J connectivity index is 2.33. The largest absolute Gasteiger partial charge is 0.462 e. The number of carbonyl (C=O) groups is 2. The summed E-state index contributed by atoms with van der Waals surface area (Å²) in [4.78, 5) is 22.6. The molecule has 0 saturated carbocycles. The summed E-state index contributed by atoms with van der Waals surface area (Å²) in [7, 11) is 0. The van der Waals surface area contributed by atoms with Gasteiger partial charge in [0.15, 0.2) is 0 Å². The molecule has 4 N–H and O–H groups in total. The van der Waals surface area contributed by atoms with E-state index in [9.17, 15) is 9.59 Å². The highest BCUT2D eigenvalue weighted by atomic mass is 16.5. The summed E-state index contributed by atoms with van der Waals surface area (Å²) in [5.74, 6) is -1.06. The van der Waals surface area contributed by atoms with E-state index in [1.807, 2.05) is 0 Å². The Morgan fingerprint density at radius 1 is 1.35 bits per heavy atom. The van der Waals surface area contributed by atoms with E-state index in [4.69, 9.17) is 16.2 Å². The van der Waals surface area contributed by atoms with Crippen molar-refractivity contribution in [1.29, 1.82) is 0 Å². The smallest absolute Gasteiger partial charge is 0.338 e. The number of anilines is 1. The van der Waals surface area contributed by atoms with Crippen LogP contribution in [-0.2, 0) is 4.74 Å². The number of carbonyl (C=O) groups excluding carboxylic acids is 2. The second-order valence-electron chi connectivity index (χ2n) is 4.00. The summed E-state index contributed by atoms with van der Waals surface area (Å²) in [5.41, 5.74) is 12.4. The molecule has 1 aromatic carbocycles. The highest BCUT2D eigenvalue weighted by Crippen LogP contribution is 2.19. The van der Waals surface area contributed by atoms with Crippen LogP contribution < -0.4 is 11.5 Å². The van der Waals surface area contributed by atoms with Crippen LogP contribution in [0.25, 0.3) is 5.69 Å². The normalized spacial score (nSPS) is 10.2. The summed E-state index contributed by atoms with van der Waals surface area (Å²) in [6, 6.07) is 6.19. The van der Waals surface area contributed by atoms with E-state index in [0.29, 0.717) is 23.5 Å². The third-order valence-electron chi connectivity index (χ3n) is 2.63. The van der Waals surface area contributed by atoms with E-state index in [1.54, 1.807) is 25.3 Å². The number of nitrogens with two attached hydrogens (primary N) is 2. The first-order chi connectivity index (χ1) is 9.52. The Morgan fingerprint density at radius 3 is 2.65 bits per heavy atom. The molecule has 7 heteroatoms. The van der Waals surface area contributed by atoms with Crippen LogP contribution in [-0.4, -0.2) is 28.3 Å². The van der Waals surface area contributed by atoms with Crippen LogP contribution in [0.4, 0.5) is 5.69 Å². The van der Waals surface area contributed by atoms with Crippen LogP contribution in [0.3, 0.4) is 0 Å². The van der Waals surface area contributed by atoms with Gasteiger partial charge in [-0.05, 0) is 31.2 Å². The standard InChI is InChI=1S/C13H14N4O3/c1-2-20-13(19)8-3-4-11(9(14)7-8)17-6-5-10(16-17)12(15)18/h3-7H,2,14H2,1H3,(H2,15,18). The first-order valence-corrected chi connectivity index (χ1v) is 5.95. The zero-order chi connectivity index (χ0) is 14.7. The van der Waals surface area contributed by atoms with E-state index in [0.717, 1.165) is 0 Å². The number of ether oxygens (including phenoxy) is 1. The maximum Gasteiger partial charge on any atom is 0.338 e. The molecule has 1 amide bonds. The summed E-state index contributed by atoms with van der Waals surface area (Å²) in [6.45, 7) is 2.02. The van der Waals surface area contributed by atoms with Crippen molar-refractivity contribution in [2.45, 2.75) is 6.92 Å². The Morgan fingerprint density at radius 2 is 2.10 bits per heavy atom. The molecule has 20 heavy (non-hydrogen) atoms. The number of aromatic nitrogens is 2. The van der Waals surface area contributed by atoms with Crippen molar-refractivity contribution in [3.05, 3.63) is 41.7 Å². The maximum absolute atomic E-state index is 11.6. The zero-order valence-electron chi connectivity index (χ0n) is 10.9. The van der Waals surface area contributed by atoms with E-state index in [-0.39, 0.29) is 5.69 Å². The molecule has 0 aliphatic carbocycles. The molecule has 2 aromatic rings. The van der Waals surface area contributed by atoms with E-state index >= 15 is 0 Å². The van der Waals surface area contributed by atoms with Gasteiger partial charge in [0.1, 0.15) is 5.69 Å². The zero-order valence-corrected chi connectivity index (χ0v) is 10.9. The molecule has 0 atom stereocenters. The SMILES string of the molecule is CCOC(=O)c1ccc(-n2ccc(C(N)=O)n2)c(N)c1. The number of nitrogen functional groups attached to an aromatic ring is 1. The molecule has 0 aliphatic heterocycles. The third-order valence-corrected chi connectivity index (χ3v) is 2.63. The second kappa shape index (κ2) is 5.43. The van der Waals surface area contributed by atoms with Gasteiger partial charge in [0.05, 0.1) is 23.5 Å². The number of nitrogens with zero attached hydrogens (tertiary/aromatic N) is 2. The van der Waals surface area contributed by atoms with Gasteiger partial charge in [0, 0.05) is 6.20 Å². The summed E-state index contributed by atoms with van der Waals surface area (Å²) >= 11 is 0. The molecule has 0 spiro atoms. The van der Waals surface area contributed by atoms with Crippen LogP contribution in [0.2, 0.25) is 0 Å². The lowest BCUT2D eigenvalue weighted by Gasteiger charge is -2.08. The van der Waals surface area contributed by atoms with Crippen molar-refractivity contribution in [1.82, 2.24) is 9.78 Å². The van der Waals surface area contributed by atoms with Crippen molar-refractivity contribution < 1.29 is 14.3 Å². The number of hydrogen-bond acceptors (Lipinski definition) is 5. The molecule has 7 nitrogen and oxygen atoms in total. The van der Waals surface area contributed by atoms with Gasteiger partial charge in [-0.15, -0.1) is 0 Å². The molecule has 0 unspecified atom stereocenters. The molecule has 0 radical (unpaired) electrons. The molecular formula is C13H14N4O3. The second-order valence-corrected chi connectivity index (χ2v) is 4.00. The average Bonchev–Trinajstić information content (AvgIpc) is 2.88. The summed E-state index contributed by atoms with van der Waals surface area (Å²) < 4.78 is 6.31. The van der Waals surface area contributed by atoms with Crippen molar-refractivity contribution in [3.63, 3.8) is 0 Å². The van der Waals surface area contributed by atoms with Gasteiger partial charge in [-0.2, -0.15) is 5.10 Å². The first-order valence-electron chi connectivity index (χ1n) is 5.95. The van der Waals surface area contributed by atoms with Gasteiger partial charge >= 0.3 is 5.97 Å². The van der Waals surface area contributed by atoms with Crippen molar-refractivity contribution in [2.24, 2.45) is 5.73 Å². The Bertz CT molecular complexity index is 663. The number of hydrogen-bond donors (Lipinski definition) is 2. The minimum atomic E-state index is -0.620. The number of benzene rings is 1. The number of esters is 1. The van der Waals surface area contributed by atoms with Crippen LogP contribution in [0.1, 0.15) is 27.8 Å². The average molecular weight is 274 g/mol. The van der Waals surface area contributed by atoms with E-state index in [1.165, 1.54) is 16.8 Å². The fourth-order valence-corrected chi connectivity index (χ4v) is 1.69. The van der Waals surface area contributed by atoms with Gasteiger partial charge in [0.2, 0.25) is 0 Å². The van der Waals surface area contributed by atoms with Gasteiger partial charge in [-0.1, -0.05) is 0 Å². The molecular weight excluding hydrogens is 260 g/mol. The Kier molecular flexibility index (Phi) is 3.69. The summed E-state index contributed by atoms with van der Waals surface area (Å²) in [6.07, 6.45) is 1.57. The lowest BCUT2D eigenvalue weighted by molar-refractivity contribution is 0.0526. The minimum Gasteiger partial charge on any atom is -0.462 e. The van der Waals surface area contributed by atoms with Gasteiger partial charge < -0.3 is 16.2 Å². The maximum atomic E-state index is 11.6. The van der Waals surface area contributed by atoms with E-state index < -0.39 is 11.9 Å². The number of amides is 1. The topological polar surface area (TPSA) is 113 Å². The predicted octanol–water partition coefficient (Wildman–Crippen LogP) is 0.730. The monoisotopic (exact) mass is 274 g/mol. The fraction of sp³-hybridized carbons (Fsp3) is 0.154. The van der Waals surface area contributed by atoms with Gasteiger partial charge in [0.25, 0.3) is 5.91 Å².